The minimum absolute atomic E-state index is 0.201. The summed E-state index contributed by atoms with van der Waals surface area (Å²) < 4.78 is 10.6. The molecule has 1 N–H and O–H groups in total. The summed E-state index contributed by atoms with van der Waals surface area (Å²) >= 11 is 0. The molecule has 1 aliphatic rings. The zero-order valence-corrected chi connectivity index (χ0v) is 12.7. The van der Waals surface area contributed by atoms with Gasteiger partial charge in [-0.2, -0.15) is 0 Å². The van der Waals surface area contributed by atoms with Crippen LogP contribution in [0.5, 0.6) is 0 Å². The lowest BCUT2D eigenvalue weighted by Gasteiger charge is -2.35. The number of hydrogen-bond acceptors (Lipinski definition) is 5. The van der Waals surface area contributed by atoms with Crippen molar-refractivity contribution in [1.82, 2.24) is 10.2 Å². The van der Waals surface area contributed by atoms with Gasteiger partial charge in [-0.25, -0.2) is 0 Å². The van der Waals surface area contributed by atoms with E-state index >= 15 is 0 Å². The van der Waals surface area contributed by atoms with E-state index in [-0.39, 0.29) is 5.97 Å². The number of methoxy groups -OCH3 is 1. The molecule has 1 saturated heterocycles. The first kappa shape index (κ1) is 16.4. The molecule has 0 aromatic heterocycles. The number of rotatable bonds is 7. The largest absolute Gasteiger partial charge is 0.468 e. The standard InChI is InChI=1S/C14H28N2O3/c1-5-19-12-7-6-9-16(11-12)10-8-14(2,15-3)13(17)18-4/h12,15H,5-11H2,1-4H3. The molecule has 0 aromatic carbocycles. The molecule has 5 heteroatoms. The summed E-state index contributed by atoms with van der Waals surface area (Å²) in [6, 6.07) is 0. The Morgan fingerprint density at radius 3 is 2.84 bits per heavy atom. The zero-order chi connectivity index (χ0) is 14.3. The van der Waals surface area contributed by atoms with Crippen molar-refractivity contribution >= 4 is 5.97 Å². The fourth-order valence-corrected chi connectivity index (χ4v) is 2.52. The first-order chi connectivity index (χ1) is 9.05. The smallest absolute Gasteiger partial charge is 0.325 e. The summed E-state index contributed by atoms with van der Waals surface area (Å²) in [5, 5.41) is 3.07. The van der Waals surface area contributed by atoms with Gasteiger partial charge in [0.25, 0.3) is 0 Å². The van der Waals surface area contributed by atoms with E-state index in [1.807, 2.05) is 13.8 Å². The van der Waals surface area contributed by atoms with Crippen LogP contribution in [-0.2, 0) is 14.3 Å². The number of carbonyl (C=O) groups excluding carboxylic acids is 1. The van der Waals surface area contributed by atoms with Crippen molar-refractivity contribution in [2.24, 2.45) is 0 Å². The molecule has 2 unspecified atom stereocenters. The summed E-state index contributed by atoms with van der Waals surface area (Å²) in [6.07, 6.45) is 3.40. The van der Waals surface area contributed by atoms with Crippen molar-refractivity contribution in [3.05, 3.63) is 0 Å². The molecule has 1 rings (SSSR count). The van der Waals surface area contributed by atoms with Gasteiger partial charge in [0.2, 0.25) is 0 Å². The van der Waals surface area contributed by atoms with Crippen LogP contribution in [0.2, 0.25) is 0 Å². The first-order valence-electron chi connectivity index (χ1n) is 7.17. The molecule has 1 heterocycles. The number of likely N-dealkylation sites (tertiary alicyclic amines) is 1. The molecule has 1 aliphatic heterocycles. The number of likely N-dealkylation sites (N-methyl/N-ethyl adjacent to an activating group) is 1. The van der Waals surface area contributed by atoms with Crippen LogP contribution in [0.1, 0.15) is 33.1 Å². The number of nitrogens with zero attached hydrogens (tertiary/aromatic N) is 1. The van der Waals surface area contributed by atoms with E-state index in [9.17, 15) is 4.79 Å². The molecule has 0 amide bonds. The van der Waals surface area contributed by atoms with E-state index in [1.165, 1.54) is 13.5 Å². The molecule has 0 aliphatic carbocycles. The molecule has 0 bridgehead atoms. The van der Waals surface area contributed by atoms with Crippen molar-refractivity contribution in [1.29, 1.82) is 0 Å². The molecular weight excluding hydrogens is 244 g/mol. The van der Waals surface area contributed by atoms with Gasteiger partial charge in [-0.15, -0.1) is 0 Å². The van der Waals surface area contributed by atoms with Gasteiger partial charge in [-0.05, 0) is 46.7 Å². The van der Waals surface area contributed by atoms with Crippen molar-refractivity contribution < 1.29 is 14.3 Å². The van der Waals surface area contributed by atoms with Crippen LogP contribution in [0.4, 0.5) is 0 Å². The number of ether oxygens (including phenoxy) is 2. The molecule has 0 spiro atoms. The average molecular weight is 272 g/mol. The van der Waals surface area contributed by atoms with Crippen LogP contribution in [-0.4, -0.2) is 62.9 Å². The lowest BCUT2D eigenvalue weighted by atomic mass is 9.97. The van der Waals surface area contributed by atoms with Crippen molar-refractivity contribution in [3.8, 4) is 0 Å². The molecule has 19 heavy (non-hydrogen) atoms. The molecule has 112 valence electrons. The Bertz CT molecular complexity index is 284. The highest BCUT2D eigenvalue weighted by Gasteiger charge is 2.33. The van der Waals surface area contributed by atoms with Gasteiger partial charge in [0.15, 0.2) is 0 Å². The van der Waals surface area contributed by atoms with Gasteiger partial charge in [0.1, 0.15) is 5.54 Å². The third-order valence-corrected chi connectivity index (χ3v) is 3.98. The second-order valence-electron chi connectivity index (χ2n) is 5.34. The predicted octanol–water partition coefficient (Wildman–Crippen LogP) is 1.03. The van der Waals surface area contributed by atoms with E-state index in [1.54, 1.807) is 7.05 Å². The van der Waals surface area contributed by atoms with Crippen molar-refractivity contribution in [2.45, 2.75) is 44.8 Å². The van der Waals surface area contributed by atoms with Crippen molar-refractivity contribution in [2.75, 3.05) is 40.4 Å². The average Bonchev–Trinajstić information content (AvgIpc) is 2.44. The number of esters is 1. The second-order valence-corrected chi connectivity index (χ2v) is 5.34. The fourth-order valence-electron chi connectivity index (χ4n) is 2.52. The summed E-state index contributed by atoms with van der Waals surface area (Å²) in [6.45, 7) is 7.64. The molecular formula is C14H28N2O3. The maximum Gasteiger partial charge on any atom is 0.325 e. The van der Waals surface area contributed by atoms with Crippen molar-refractivity contribution in [3.63, 3.8) is 0 Å². The maximum atomic E-state index is 11.8. The quantitative estimate of drug-likeness (QED) is 0.702. The summed E-state index contributed by atoms with van der Waals surface area (Å²) in [5.74, 6) is -0.201. The number of carbonyl (C=O) groups is 1. The Hall–Kier alpha value is -0.650. The number of nitrogens with one attached hydrogen (secondary N) is 1. The molecule has 0 radical (unpaired) electrons. The monoisotopic (exact) mass is 272 g/mol. The SMILES string of the molecule is CCOC1CCCN(CCC(C)(NC)C(=O)OC)C1. The lowest BCUT2D eigenvalue weighted by molar-refractivity contribution is -0.148. The molecule has 1 fully saturated rings. The topological polar surface area (TPSA) is 50.8 Å². The number of piperidine rings is 1. The van der Waals surface area contributed by atoms with E-state index in [0.717, 1.165) is 39.1 Å². The Morgan fingerprint density at radius 1 is 1.53 bits per heavy atom. The van der Waals surface area contributed by atoms with Crippen LogP contribution in [0.25, 0.3) is 0 Å². The third-order valence-electron chi connectivity index (χ3n) is 3.98. The lowest BCUT2D eigenvalue weighted by Crippen LogP contribution is -2.51. The molecule has 2 atom stereocenters. The predicted molar refractivity (Wildman–Crippen MR) is 75.2 cm³/mol. The van der Waals surface area contributed by atoms with Crippen LogP contribution in [0.15, 0.2) is 0 Å². The van der Waals surface area contributed by atoms with Gasteiger partial charge in [-0.3, -0.25) is 4.79 Å². The summed E-state index contributed by atoms with van der Waals surface area (Å²) in [4.78, 5) is 14.2. The van der Waals surface area contributed by atoms with Crippen LogP contribution < -0.4 is 5.32 Å². The van der Waals surface area contributed by atoms with E-state index < -0.39 is 5.54 Å². The van der Waals surface area contributed by atoms with Crippen LogP contribution in [0.3, 0.4) is 0 Å². The fraction of sp³-hybridized carbons (Fsp3) is 0.929. The van der Waals surface area contributed by atoms with E-state index in [2.05, 4.69) is 10.2 Å². The minimum Gasteiger partial charge on any atom is -0.468 e. The first-order valence-corrected chi connectivity index (χ1v) is 7.17. The highest BCUT2D eigenvalue weighted by atomic mass is 16.5. The maximum absolute atomic E-state index is 11.8. The third kappa shape index (κ3) is 4.75. The second kappa shape index (κ2) is 7.82. The van der Waals surface area contributed by atoms with Gasteiger partial charge in [0.05, 0.1) is 13.2 Å². The summed E-state index contributed by atoms with van der Waals surface area (Å²) in [5.41, 5.74) is -0.604. The van der Waals surface area contributed by atoms with Crippen LogP contribution >= 0.6 is 0 Å². The molecule has 0 saturated carbocycles. The highest BCUT2D eigenvalue weighted by molar-refractivity contribution is 5.80. The normalized spacial score (nSPS) is 23.9. The summed E-state index contributed by atoms with van der Waals surface area (Å²) in [7, 11) is 3.24. The molecule has 0 aromatic rings. The van der Waals surface area contributed by atoms with Gasteiger partial charge in [0, 0.05) is 19.7 Å². The Labute approximate surface area is 116 Å². The van der Waals surface area contributed by atoms with Gasteiger partial charge >= 0.3 is 5.97 Å². The van der Waals surface area contributed by atoms with E-state index in [4.69, 9.17) is 9.47 Å². The Kier molecular flexibility index (Phi) is 6.75. The zero-order valence-electron chi connectivity index (χ0n) is 12.7. The van der Waals surface area contributed by atoms with Gasteiger partial charge < -0.3 is 19.7 Å². The number of hydrogen-bond donors (Lipinski definition) is 1. The molecule has 5 nitrogen and oxygen atoms in total. The van der Waals surface area contributed by atoms with Crippen LogP contribution in [0, 0.1) is 0 Å². The Morgan fingerprint density at radius 2 is 2.26 bits per heavy atom. The van der Waals surface area contributed by atoms with E-state index in [0.29, 0.717) is 6.10 Å². The highest BCUT2D eigenvalue weighted by Crippen LogP contribution is 2.17. The Balaban J connectivity index is 2.44. The minimum atomic E-state index is -0.604. The van der Waals surface area contributed by atoms with Gasteiger partial charge in [-0.1, -0.05) is 0 Å².